The van der Waals surface area contributed by atoms with Crippen LogP contribution in [0.5, 0.6) is 11.5 Å². The Morgan fingerprint density at radius 1 is 1.00 bits per heavy atom. The van der Waals surface area contributed by atoms with Gasteiger partial charge in [0.05, 0.1) is 5.52 Å². The number of rotatable bonds is 7. The SMILES string of the molecule is CC1CCC(CNCC(C)Cc2ccc3c(c2)OCO3)CC1.Cc1nc(N(C)C)c2ccccc2n1. The monoisotopic (exact) mass is 490 g/mol. The smallest absolute Gasteiger partial charge is 0.231 e. The lowest BCUT2D eigenvalue weighted by Crippen LogP contribution is -2.29. The highest BCUT2D eigenvalue weighted by Gasteiger charge is 2.18. The molecule has 1 aromatic heterocycles. The molecule has 2 aliphatic rings. The second-order valence-corrected chi connectivity index (χ2v) is 10.8. The summed E-state index contributed by atoms with van der Waals surface area (Å²) in [6, 6.07) is 14.4. The van der Waals surface area contributed by atoms with Gasteiger partial charge in [0.15, 0.2) is 11.5 Å². The van der Waals surface area contributed by atoms with Gasteiger partial charge in [-0.15, -0.1) is 0 Å². The molecule has 0 saturated heterocycles. The molecule has 0 spiro atoms. The van der Waals surface area contributed by atoms with Gasteiger partial charge in [-0.25, -0.2) is 9.97 Å². The molecule has 2 aromatic carbocycles. The van der Waals surface area contributed by atoms with Crippen molar-refractivity contribution in [2.45, 2.75) is 52.9 Å². The van der Waals surface area contributed by atoms with Gasteiger partial charge in [-0.3, -0.25) is 0 Å². The number of aryl methyl sites for hydroxylation is 1. The fourth-order valence-electron chi connectivity index (χ4n) is 5.12. The Morgan fingerprint density at radius 2 is 1.75 bits per heavy atom. The molecule has 6 nitrogen and oxygen atoms in total. The van der Waals surface area contributed by atoms with Gasteiger partial charge >= 0.3 is 0 Å². The van der Waals surface area contributed by atoms with Crippen LogP contribution in [0.2, 0.25) is 0 Å². The maximum Gasteiger partial charge on any atom is 0.231 e. The number of para-hydroxylation sites is 1. The molecule has 0 radical (unpaired) electrons. The number of benzene rings is 2. The third-order valence-electron chi connectivity index (χ3n) is 7.20. The van der Waals surface area contributed by atoms with E-state index in [1.807, 2.05) is 56.3 Å². The average Bonchev–Trinajstić information content (AvgIpc) is 3.33. The maximum absolute atomic E-state index is 5.45. The van der Waals surface area contributed by atoms with E-state index in [1.54, 1.807) is 0 Å². The molecule has 1 atom stereocenters. The predicted molar refractivity (Wildman–Crippen MR) is 148 cm³/mol. The summed E-state index contributed by atoms with van der Waals surface area (Å²) in [7, 11) is 3.99. The summed E-state index contributed by atoms with van der Waals surface area (Å²) in [5, 5.41) is 4.79. The summed E-state index contributed by atoms with van der Waals surface area (Å²) in [6.45, 7) is 9.27. The minimum absolute atomic E-state index is 0.357. The molecule has 1 fully saturated rings. The zero-order valence-corrected chi connectivity index (χ0v) is 22.6. The van der Waals surface area contributed by atoms with E-state index in [1.165, 1.54) is 37.8 Å². The highest BCUT2D eigenvalue weighted by molar-refractivity contribution is 5.89. The highest BCUT2D eigenvalue weighted by Crippen LogP contribution is 2.33. The van der Waals surface area contributed by atoms with E-state index < -0.39 is 0 Å². The number of hydrogen-bond acceptors (Lipinski definition) is 6. The van der Waals surface area contributed by atoms with Crippen LogP contribution in [0, 0.1) is 24.7 Å². The van der Waals surface area contributed by atoms with Gasteiger partial charge in [-0.05, 0) is 86.9 Å². The third-order valence-corrected chi connectivity index (χ3v) is 7.20. The fourth-order valence-corrected chi connectivity index (χ4v) is 5.12. The molecule has 1 unspecified atom stereocenters. The van der Waals surface area contributed by atoms with Crippen molar-refractivity contribution >= 4 is 16.7 Å². The lowest BCUT2D eigenvalue weighted by Gasteiger charge is -2.26. The summed E-state index contributed by atoms with van der Waals surface area (Å²) >= 11 is 0. The second-order valence-electron chi connectivity index (χ2n) is 10.8. The van der Waals surface area contributed by atoms with Crippen molar-refractivity contribution in [3.63, 3.8) is 0 Å². The summed E-state index contributed by atoms with van der Waals surface area (Å²) in [5.41, 5.74) is 2.34. The Kier molecular flexibility index (Phi) is 9.03. The van der Waals surface area contributed by atoms with Crippen LogP contribution in [0.1, 0.15) is 50.9 Å². The minimum Gasteiger partial charge on any atom is -0.454 e. The van der Waals surface area contributed by atoms with Gasteiger partial charge < -0.3 is 19.7 Å². The molecular formula is C30H42N4O2. The summed E-state index contributed by atoms with van der Waals surface area (Å²) < 4.78 is 10.8. The molecular weight excluding hydrogens is 448 g/mol. The van der Waals surface area contributed by atoms with Crippen molar-refractivity contribution in [2.75, 3.05) is 38.9 Å². The van der Waals surface area contributed by atoms with Crippen LogP contribution in [0.25, 0.3) is 10.9 Å². The third kappa shape index (κ3) is 7.10. The van der Waals surface area contributed by atoms with Crippen LogP contribution >= 0.6 is 0 Å². The van der Waals surface area contributed by atoms with Crippen molar-refractivity contribution in [3.05, 3.63) is 53.9 Å². The van der Waals surface area contributed by atoms with E-state index in [0.717, 1.165) is 58.8 Å². The lowest BCUT2D eigenvalue weighted by atomic mass is 9.83. The maximum atomic E-state index is 5.45. The van der Waals surface area contributed by atoms with Crippen LogP contribution in [-0.4, -0.2) is 43.9 Å². The first-order valence-corrected chi connectivity index (χ1v) is 13.4. The molecule has 0 amide bonds. The first kappa shape index (κ1) is 26.2. The number of ether oxygens (including phenoxy) is 2. The number of anilines is 1. The molecule has 3 aromatic rings. The van der Waals surface area contributed by atoms with Crippen LogP contribution in [0.4, 0.5) is 5.82 Å². The number of hydrogen-bond donors (Lipinski definition) is 1. The normalized spacial score (nSPS) is 19.5. The number of nitrogens with zero attached hydrogens (tertiary/aromatic N) is 3. The first-order valence-electron chi connectivity index (χ1n) is 13.4. The van der Waals surface area contributed by atoms with Gasteiger partial charge in [-0.2, -0.15) is 0 Å². The molecule has 1 N–H and O–H groups in total. The molecule has 36 heavy (non-hydrogen) atoms. The van der Waals surface area contributed by atoms with E-state index in [2.05, 4.69) is 41.3 Å². The van der Waals surface area contributed by atoms with Gasteiger partial charge in [0.25, 0.3) is 0 Å². The van der Waals surface area contributed by atoms with Crippen molar-refractivity contribution in [2.24, 2.45) is 17.8 Å². The van der Waals surface area contributed by atoms with Crippen molar-refractivity contribution in [1.82, 2.24) is 15.3 Å². The van der Waals surface area contributed by atoms with Crippen LogP contribution < -0.4 is 19.7 Å². The largest absolute Gasteiger partial charge is 0.454 e. The van der Waals surface area contributed by atoms with Gasteiger partial charge in [0, 0.05) is 19.5 Å². The molecule has 2 heterocycles. The summed E-state index contributed by atoms with van der Waals surface area (Å²) in [4.78, 5) is 10.8. The van der Waals surface area contributed by atoms with E-state index in [4.69, 9.17) is 9.47 Å². The van der Waals surface area contributed by atoms with Crippen LogP contribution in [0.15, 0.2) is 42.5 Å². The fraction of sp³-hybridized carbons (Fsp3) is 0.533. The predicted octanol–water partition coefficient (Wildman–Crippen LogP) is 6.01. The van der Waals surface area contributed by atoms with Crippen LogP contribution in [-0.2, 0) is 6.42 Å². The van der Waals surface area contributed by atoms with Crippen molar-refractivity contribution in [3.8, 4) is 11.5 Å². The summed E-state index contributed by atoms with van der Waals surface area (Å²) in [6.07, 6.45) is 6.74. The molecule has 1 saturated carbocycles. The summed E-state index contributed by atoms with van der Waals surface area (Å²) in [5.74, 6) is 6.05. The Morgan fingerprint density at radius 3 is 2.53 bits per heavy atom. The van der Waals surface area contributed by atoms with Gasteiger partial charge in [0.1, 0.15) is 11.6 Å². The Balaban J connectivity index is 0.000000187. The quantitative estimate of drug-likeness (QED) is 0.437. The molecule has 0 bridgehead atoms. The standard InChI is InChI=1S/C19H29NO2.C11H13N3/c1-14-3-5-16(6-4-14)12-20-11-15(2)9-17-7-8-18-19(10-17)22-13-21-18;1-8-12-10-7-5-4-6-9(10)11(13-8)14(2)3/h7-8,10,14-16,20H,3-6,9,11-13H2,1-2H3;4-7H,1-3H3. The zero-order chi connectivity index (χ0) is 25.5. The second kappa shape index (κ2) is 12.4. The minimum atomic E-state index is 0.357. The zero-order valence-electron chi connectivity index (χ0n) is 22.6. The Bertz CT molecular complexity index is 1130. The molecule has 1 aliphatic carbocycles. The van der Waals surface area contributed by atoms with E-state index >= 15 is 0 Å². The van der Waals surface area contributed by atoms with E-state index in [0.29, 0.717) is 12.7 Å². The van der Waals surface area contributed by atoms with Crippen LogP contribution in [0.3, 0.4) is 0 Å². The molecule has 6 heteroatoms. The molecule has 1 aliphatic heterocycles. The lowest BCUT2D eigenvalue weighted by molar-refractivity contribution is 0.174. The van der Waals surface area contributed by atoms with Gasteiger partial charge in [-0.1, -0.05) is 44.9 Å². The average molecular weight is 491 g/mol. The topological polar surface area (TPSA) is 59.5 Å². The number of fused-ring (bicyclic) bond motifs is 2. The molecule has 194 valence electrons. The van der Waals surface area contributed by atoms with Crippen molar-refractivity contribution in [1.29, 1.82) is 0 Å². The van der Waals surface area contributed by atoms with Gasteiger partial charge in [0.2, 0.25) is 6.79 Å². The number of nitrogens with one attached hydrogen (secondary N) is 1. The first-order chi connectivity index (χ1) is 17.4. The Hall–Kier alpha value is -2.86. The van der Waals surface area contributed by atoms with E-state index in [9.17, 15) is 0 Å². The molecule has 5 rings (SSSR count). The highest BCUT2D eigenvalue weighted by atomic mass is 16.7. The number of aromatic nitrogens is 2. The Labute approximate surface area is 216 Å². The van der Waals surface area contributed by atoms with Crippen molar-refractivity contribution < 1.29 is 9.47 Å². The van der Waals surface area contributed by atoms with E-state index in [-0.39, 0.29) is 0 Å².